The van der Waals surface area contributed by atoms with Gasteiger partial charge in [-0.25, -0.2) is 4.98 Å². The van der Waals surface area contributed by atoms with Gasteiger partial charge in [-0.3, -0.25) is 0 Å². The Morgan fingerprint density at radius 3 is 2.93 bits per heavy atom. The number of halogens is 1. The average molecular weight is 278 g/mol. The molecule has 0 bridgehead atoms. The van der Waals surface area contributed by atoms with Gasteiger partial charge in [0.25, 0.3) is 0 Å². The number of ether oxygens (including phenoxy) is 1. The van der Waals surface area contributed by atoms with Gasteiger partial charge < -0.3 is 9.84 Å². The first-order chi connectivity index (χ1) is 6.83. The first-order valence-electron chi connectivity index (χ1n) is 4.26. The average Bonchev–Trinajstić information content (AvgIpc) is 2.21. The lowest BCUT2D eigenvalue weighted by molar-refractivity contribution is 0.103. The van der Waals surface area contributed by atoms with E-state index >= 15 is 0 Å². The second kappa shape index (κ2) is 7.23. The van der Waals surface area contributed by atoms with Gasteiger partial charge in [-0.1, -0.05) is 0 Å². The Kier molecular flexibility index (Phi) is 6.18. The highest BCUT2D eigenvalue weighted by Gasteiger charge is 1.95. The van der Waals surface area contributed by atoms with Gasteiger partial charge in [0.05, 0.1) is 24.8 Å². The maximum absolute atomic E-state index is 8.46. The first-order valence-corrected chi connectivity index (χ1v) is 6.04. The fourth-order valence-electron chi connectivity index (χ4n) is 0.819. The highest BCUT2D eigenvalue weighted by atomic mass is 79.9. The molecule has 78 valence electrons. The zero-order valence-corrected chi connectivity index (χ0v) is 10.1. The molecular weight excluding hydrogens is 266 g/mol. The second-order valence-electron chi connectivity index (χ2n) is 2.50. The zero-order chi connectivity index (χ0) is 10.2. The van der Waals surface area contributed by atoms with Gasteiger partial charge in [0, 0.05) is 16.4 Å². The minimum atomic E-state index is 0.0845. The van der Waals surface area contributed by atoms with Crippen LogP contribution in [0.15, 0.2) is 27.8 Å². The van der Waals surface area contributed by atoms with Crippen LogP contribution >= 0.6 is 27.7 Å². The minimum absolute atomic E-state index is 0.0845. The minimum Gasteiger partial charge on any atom is -0.394 e. The van der Waals surface area contributed by atoms with Crippen molar-refractivity contribution in [2.45, 2.75) is 5.03 Å². The van der Waals surface area contributed by atoms with Gasteiger partial charge in [0.2, 0.25) is 0 Å². The van der Waals surface area contributed by atoms with Crippen LogP contribution in [0.25, 0.3) is 0 Å². The summed E-state index contributed by atoms with van der Waals surface area (Å²) in [6, 6.07) is 3.92. The molecule has 3 nitrogen and oxygen atoms in total. The van der Waals surface area contributed by atoms with Crippen molar-refractivity contribution in [3.05, 3.63) is 22.8 Å². The van der Waals surface area contributed by atoms with Crippen LogP contribution in [0.2, 0.25) is 0 Å². The molecule has 1 heterocycles. The van der Waals surface area contributed by atoms with Crippen molar-refractivity contribution in [1.29, 1.82) is 0 Å². The smallest absolute Gasteiger partial charge is 0.0961 e. The monoisotopic (exact) mass is 277 g/mol. The second-order valence-corrected chi connectivity index (χ2v) is 4.53. The van der Waals surface area contributed by atoms with E-state index in [1.165, 1.54) is 0 Å². The van der Waals surface area contributed by atoms with Gasteiger partial charge in [-0.2, -0.15) is 0 Å². The Morgan fingerprint density at radius 1 is 1.43 bits per heavy atom. The third kappa shape index (κ3) is 4.95. The van der Waals surface area contributed by atoms with E-state index in [0.29, 0.717) is 13.2 Å². The standard InChI is InChI=1S/C9H12BrNO2S/c10-8-1-2-9(11-7-8)14-6-5-13-4-3-12/h1-2,7,12H,3-6H2. The van der Waals surface area contributed by atoms with Crippen LogP contribution in [-0.4, -0.2) is 35.7 Å². The van der Waals surface area contributed by atoms with Crippen molar-refractivity contribution in [2.75, 3.05) is 25.6 Å². The normalized spacial score (nSPS) is 10.4. The van der Waals surface area contributed by atoms with Gasteiger partial charge in [0.1, 0.15) is 0 Å². The molecule has 14 heavy (non-hydrogen) atoms. The van der Waals surface area contributed by atoms with E-state index in [-0.39, 0.29) is 6.61 Å². The van der Waals surface area contributed by atoms with Crippen molar-refractivity contribution < 1.29 is 9.84 Å². The van der Waals surface area contributed by atoms with Gasteiger partial charge in [-0.05, 0) is 28.1 Å². The molecule has 0 spiro atoms. The molecule has 1 rings (SSSR count). The molecule has 1 aromatic rings. The van der Waals surface area contributed by atoms with Crippen LogP contribution in [-0.2, 0) is 4.74 Å². The SMILES string of the molecule is OCCOCCSc1ccc(Br)cn1. The number of hydrogen-bond donors (Lipinski definition) is 1. The number of nitrogens with zero attached hydrogens (tertiary/aromatic N) is 1. The van der Waals surface area contributed by atoms with E-state index < -0.39 is 0 Å². The Bertz CT molecular complexity index is 255. The highest BCUT2D eigenvalue weighted by molar-refractivity contribution is 9.10. The zero-order valence-electron chi connectivity index (χ0n) is 7.65. The third-order valence-electron chi connectivity index (χ3n) is 1.41. The summed E-state index contributed by atoms with van der Waals surface area (Å²) in [5.41, 5.74) is 0. The fraction of sp³-hybridized carbons (Fsp3) is 0.444. The van der Waals surface area contributed by atoms with Gasteiger partial charge in [0.15, 0.2) is 0 Å². The summed E-state index contributed by atoms with van der Waals surface area (Å²) in [4.78, 5) is 4.21. The Morgan fingerprint density at radius 2 is 2.29 bits per heavy atom. The summed E-state index contributed by atoms with van der Waals surface area (Å²) in [5.74, 6) is 0.856. The van der Waals surface area contributed by atoms with E-state index in [4.69, 9.17) is 9.84 Å². The van der Waals surface area contributed by atoms with Gasteiger partial charge in [-0.15, -0.1) is 11.8 Å². The summed E-state index contributed by atoms with van der Waals surface area (Å²) >= 11 is 4.96. The lowest BCUT2D eigenvalue weighted by Crippen LogP contribution is -2.02. The summed E-state index contributed by atoms with van der Waals surface area (Å²) in [7, 11) is 0. The largest absolute Gasteiger partial charge is 0.394 e. The fourth-order valence-corrected chi connectivity index (χ4v) is 1.76. The Hall–Kier alpha value is -0.100. The summed E-state index contributed by atoms with van der Waals surface area (Å²) in [5, 5.41) is 9.45. The predicted molar refractivity (Wildman–Crippen MR) is 60.6 cm³/mol. The maximum Gasteiger partial charge on any atom is 0.0961 e. The van der Waals surface area contributed by atoms with Crippen molar-refractivity contribution in [1.82, 2.24) is 4.98 Å². The van der Waals surface area contributed by atoms with Gasteiger partial charge >= 0.3 is 0 Å². The number of hydrogen-bond acceptors (Lipinski definition) is 4. The lowest BCUT2D eigenvalue weighted by atomic mass is 10.5. The molecule has 0 aliphatic carbocycles. The molecular formula is C9H12BrNO2S. The van der Waals surface area contributed by atoms with Crippen LogP contribution in [0.4, 0.5) is 0 Å². The quantitative estimate of drug-likeness (QED) is 0.638. The topological polar surface area (TPSA) is 42.4 Å². The summed E-state index contributed by atoms with van der Waals surface area (Å²) in [6.45, 7) is 1.14. The van der Waals surface area contributed by atoms with Crippen molar-refractivity contribution in [2.24, 2.45) is 0 Å². The molecule has 0 saturated carbocycles. The molecule has 1 aromatic heterocycles. The van der Waals surface area contributed by atoms with E-state index in [0.717, 1.165) is 15.3 Å². The van der Waals surface area contributed by atoms with Crippen molar-refractivity contribution >= 4 is 27.7 Å². The third-order valence-corrected chi connectivity index (χ3v) is 2.79. The number of aliphatic hydroxyl groups excluding tert-OH is 1. The van der Waals surface area contributed by atoms with Crippen LogP contribution < -0.4 is 0 Å². The molecule has 0 fully saturated rings. The first kappa shape index (κ1) is 12.0. The number of thioether (sulfide) groups is 1. The Balaban J connectivity index is 2.15. The summed E-state index contributed by atoms with van der Waals surface area (Å²) in [6.07, 6.45) is 1.77. The molecule has 0 atom stereocenters. The van der Waals surface area contributed by atoms with E-state index in [1.54, 1.807) is 18.0 Å². The molecule has 0 aliphatic rings. The molecule has 1 N–H and O–H groups in total. The number of aromatic nitrogens is 1. The van der Waals surface area contributed by atoms with E-state index in [2.05, 4.69) is 20.9 Å². The molecule has 0 aliphatic heterocycles. The predicted octanol–water partition coefficient (Wildman–Crippen LogP) is 1.95. The Labute approximate surface area is 96.0 Å². The molecule has 0 amide bonds. The van der Waals surface area contributed by atoms with Crippen molar-refractivity contribution in [3.8, 4) is 0 Å². The molecule has 0 saturated heterocycles. The van der Waals surface area contributed by atoms with Crippen LogP contribution in [0.5, 0.6) is 0 Å². The summed E-state index contributed by atoms with van der Waals surface area (Å²) < 4.78 is 6.10. The molecule has 0 unspecified atom stereocenters. The molecule has 5 heteroatoms. The molecule has 0 radical (unpaired) electrons. The number of aliphatic hydroxyl groups is 1. The number of pyridine rings is 1. The lowest BCUT2D eigenvalue weighted by Gasteiger charge is -2.01. The van der Waals surface area contributed by atoms with Crippen molar-refractivity contribution in [3.63, 3.8) is 0 Å². The van der Waals surface area contributed by atoms with E-state index in [1.807, 2.05) is 12.1 Å². The van der Waals surface area contributed by atoms with Crippen LogP contribution in [0, 0.1) is 0 Å². The molecule has 0 aromatic carbocycles. The number of rotatable bonds is 6. The highest BCUT2D eigenvalue weighted by Crippen LogP contribution is 2.16. The van der Waals surface area contributed by atoms with E-state index in [9.17, 15) is 0 Å². The van der Waals surface area contributed by atoms with Crippen LogP contribution in [0.1, 0.15) is 0 Å². The maximum atomic E-state index is 8.46. The van der Waals surface area contributed by atoms with Crippen LogP contribution in [0.3, 0.4) is 0 Å².